The summed E-state index contributed by atoms with van der Waals surface area (Å²) in [6, 6.07) is 2.22. The maximum atomic E-state index is 4.52. The Kier molecular flexibility index (Phi) is 3.18. The van der Waals surface area contributed by atoms with E-state index in [9.17, 15) is 0 Å². The fraction of sp³-hybridized carbons (Fsp3) is 0.615. The molecule has 76 valence electrons. The highest BCUT2D eigenvalue weighted by Crippen LogP contribution is 2.22. The molecule has 0 aliphatic heterocycles. The molecule has 1 heteroatoms. The molecule has 0 saturated carbocycles. The van der Waals surface area contributed by atoms with Gasteiger partial charge in [0.05, 0.1) is 0 Å². The van der Waals surface area contributed by atoms with Crippen LogP contribution in [-0.4, -0.2) is 4.98 Å². The van der Waals surface area contributed by atoms with Crippen molar-refractivity contribution in [3.63, 3.8) is 0 Å². The second-order valence-electron chi connectivity index (χ2n) is 4.21. The number of pyridine rings is 1. The molecule has 0 aromatic carbocycles. The van der Waals surface area contributed by atoms with Crippen molar-refractivity contribution in [2.24, 2.45) is 0 Å². The van der Waals surface area contributed by atoms with Gasteiger partial charge in [-0.15, -0.1) is 0 Å². The lowest BCUT2D eigenvalue weighted by atomic mass is 10.00. The van der Waals surface area contributed by atoms with E-state index >= 15 is 0 Å². The number of aromatic nitrogens is 1. The molecule has 1 aromatic rings. The van der Waals surface area contributed by atoms with Gasteiger partial charge in [-0.05, 0) is 49.3 Å². The smallest absolute Gasteiger partial charge is 0.0438 e. The van der Waals surface area contributed by atoms with Gasteiger partial charge in [0, 0.05) is 11.9 Å². The molecule has 1 nitrogen and oxygen atoms in total. The number of fused-ring (bicyclic) bond motifs is 1. The molecule has 1 aromatic heterocycles. The van der Waals surface area contributed by atoms with Crippen LogP contribution in [0.25, 0.3) is 0 Å². The van der Waals surface area contributed by atoms with E-state index in [1.54, 1.807) is 11.1 Å². The summed E-state index contributed by atoms with van der Waals surface area (Å²) in [4.78, 5) is 4.52. The van der Waals surface area contributed by atoms with Crippen LogP contribution in [0.15, 0.2) is 12.3 Å². The fourth-order valence-corrected chi connectivity index (χ4v) is 2.37. The van der Waals surface area contributed by atoms with Crippen LogP contribution in [0.4, 0.5) is 0 Å². The summed E-state index contributed by atoms with van der Waals surface area (Å²) in [7, 11) is 0. The Morgan fingerprint density at radius 3 is 2.93 bits per heavy atom. The predicted molar refractivity (Wildman–Crippen MR) is 59.5 cm³/mol. The van der Waals surface area contributed by atoms with E-state index < -0.39 is 0 Å². The third-order valence-electron chi connectivity index (χ3n) is 3.10. The summed E-state index contributed by atoms with van der Waals surface area (Å²) in [5, 5.41) is 0. The molecule has 0 radical (unpaired) electrons. The molecule has 14 heavy (non-hydrogen) atoms. The van der Waals surface area contributed by atoms with Crippen molar-refractivity contribution < 1.29 is 0 Å². The summed E-state index contributed by atoms with van der Waals surface area (Å²) in [5.74, 6) is 0. The highest BCUT2D eigenvalue weighted by molar-refractivity contribution is 5.31. The first-order valence-electron chi connectivity index (χ1n) is 5.87. The predicted octanol–water partition coefficient (Wildman–Crippen LogP) is 3.30. The molecule has 2 rings (SSSR count). The minimum absolute atomic E-state index is 1.16. The first kappa shape index (κ1) is 9.70. The molecular formula is C13H19N. The number of hydrogen-bond donors (Lipinski definition) is 0. The van der Waals surface area contributed by atoms with E-state index in [0.717, 1.165) is 6.42 Å². The van der Waals surface area contributed by atoms with E-state index in [2.05, 4.69) is 18.0 Å². The largest absolute Gasteiger partial charge is 0.261 e. The minimum Gasteiger partial charge on any atom is -0.261 e. The van der Waals surface area contributed by atoms with E-state index in [1.807, 2.05) is 6.20 Å². The molecule has 1 aliphatic carbocycles. The molecule has 0 spiro atoms. The first-order chi connectivity index (χ1) is 6.92. The average Bonchev–Trinajstić information content (AvgIpc) is 2.44. The summed E-state index contributed by atoms with van der Waals surface area (Å²) in [6.07, 6.45) is 11.0. The second-order valence-corrected chi connectivity index (χ2v) is 4.21. The second kappa shape index (κ2) is 4.59. The minimum atomic E-state index is 1.16. The van der Waals surface area contributed by atoms with Crippen LogP contribution in [0.1, 0.15) is 49.4 Å². The molecule has 0 N–H and O–H groups in total. The molecule has 0 amide bonds. The van der Waals surface area contributed by atoms with Crippen molar-refractivity contribution >= 4 is 0 Å². The van der Waals surface area contributed by atoms with Gasteiger partial charge in [-0.1, -0.05) is 19.8 Å². The van der Waals surface area contributed by atoms with Gasteiger partial charge in [0.2, 0.25) is 0 Å². The van der Waals surface area contributed by atoms with Crippen molar-refractivity contribution in [2.75, 3.05) is 0 Å². The number of hydrogen-bond acceptors (Lipinski definition) is 1. The van der Waals surface area contributed by atoms with Gasteiger partial charge in [0.15, 0.2) is 0 Å². The maximum absolute atomic E-state index is 4.52. The summed E-state index contributed by atoms with van der Waals surface area (Å²) >= 11 is 0. The number of nitrogens with zero attached hydrogens (tertiary/aromatic N) is 1. The molecule has 0 saturated heterocycles. The highest BCUT2D eigenvalue weighted by Gasteiger charge is 2.11. The van der Waals surface area contributed by atoms with Crippen LogP contribution in [0.2, 0.25) is 0 Å². The zero-order valence-electron chi connectivity index (χ0n) is 9.05. The van der Waals surface area contributed by atoms with Crippen molar-refractivity contribution in [1.29, 1.82) is 0 Å². The molecule has 1 heterocycles. The third-order valence-corrected chi connectivity index (χ3v) is 3.10. The Morgan fingerprint density at radius 1 is 1.21 bits per heavy atom. The van der Waals surface area contributed by atoms with Crippen LogP contribution >= 0.6 is 0 Å². The fourth-order valence-electron chi connectivity index (χ4n) is 2.37. The van der Waals surface area contributed by atoms with Crippen molar-refractivity contribution in [2.45, 2.75) is 51.9 Å². The topological polar surface area (TPSA) is 12.9 Å². The lowest BCUT2D eigenvalue weighted by Gasteiger charge is -2.10. The van der Waals surface area contributed by atoms with Crippen LogP contribution in [-0.2, 0) is 19.3 Å². The summed E-state index contributed by atoms with van der Waals surface area (Å²) in [6.45, 7) is 2.23. The van der Waals surface area contributed by atoms with Crippen LogP contribution in [0.5, 0.6) is 0 Å². The van der Waals surface area contributed by atoms with Gasteiger partial charge in [-0.2, -0.15) is 0 Å². The van der Waals surface area contributed by atoms with Crippen LogP contribution in [0, 0.1) is 0 Å². The molecule has 0 bridgehead atoms. The molecule has 0 unspecified atom stereocenters. The molecular weight excluding hydrogens is 170 g/mol. The quantitative estimate of drug-likeness (QED) is 0.650. The number of rotatable bonds is 2. The Balaban J connectivity index is 2.32. The van der Waals surface area contributed by atoms with E-state index in [0.29, 0.717) is 0 Å². The maximum Gasteiger partial charge on any atom is 0.0438 e. The third kappa shape index (κ3) is 1.97. The Bertz CT molecular complexity index is 304. The normalized spacial score (nSPS) is 16.1. The Morgan fingerprint density at radius 2 is 2.07 bits per heavy atom. The van der Waals surface area contributed by atoms with Gasteiger partial charge < -0.3 is 0 Å². The summed E-state index contributed by atoms with van der Waals surface area (Å²) in [5.41, 5.74) is 4.51. The van der Waals surface area contributed by atoms with Gasteiger partial charge in [0.25, 0.3) is 0 Å². The Hall–Kier alpha value is -0.850. The van der Waals surface area contributed by atoms with E-state index in [1.165, 1.54) is 44.2 Å². The SMILES string of the molecule is CCCc1nccc2c1CCCCC2. The van der Waals surface area contributed by atoms with Crippen molar-refractivity contribution in [3.05, 3.63) is 29.1 Å². The van der Waals surface area contributed by atoms with Gasteiger partial charge in [-0.3, -0.25) is 4.98 Å². The highest BCUT2D eigenvalue weighted by atomic mass is 14.7. The lowest BCUT2D eigenvalue weighted by Crippen LogP contribution is -2.01. The van der Waals surface area contributed by atoms with Crippen molar-refractivity contribution in [1.82, 2.24) is 4.98 Å². The van der Waals surface area contributed by atoms with Gasteiger partial charge in [-0.25, -0.2) is 0 Å². The van der Waals surface area contributed by atoms with E-state index in [-0.39, 0.29) is 0 Å². The summed E-state index contributed by atoms with van der Waals surface area (Å²) < 4.78 is 0. The van der Waals surface area contributed by atoms with Crippen LogP contribution < -0.4 is 0 Å². The lowest BCUT2D eigenvalue weighted by molar-refractivity contribution is 0.709. The van der Waals surface area contributed by atoms with Crippen LogP contribution in [0.3, 0.4) is 0 Å². The van der Waals surface area contributed by atoms with Gasteiger partial charge in [0.1, 0.15) is 0 Å². The van der Waals surface area contributed by atoms with E-state index in [4.69, 9.17) is 0 Å². The zero-order valence-corrected chi connectivity index (χ0v) is 9.05. The van der Waals surface area contributed by atoms with Crippen molar-refractivity contribution in [3.8, 4) is 0 Å². The standard InChI is InChI=1S/C13H19N/c1-2-6-13-12-8-5-3-4-7-11(12)9-10-14-13/h9-10H,2-8H2,1H3. The first-order valence-corrected chi connectivity index (χ1v) is 5.87. The molecule has 1 aliphatic rings. The molecule has 0 atom stereocenters. The number of aryl methyl sites for hydroxylation is 2. The van der Waals surface area contributed by atoms with Gasteiger partial charge >= 0.3 is 0 Å². The Labute approximate surface area is 86.6 Å². The zero-order chi connectivity index (χ0) is 9.80. The average molecular weight is 189 g/mol. The monoisotopic (exact) mass is 189 g/mol. The molecule has 0 fully saturated rings.